The summed E-state index contributed by atoms with van der Waals surface area (Å²) in [4.78, 5) is 26.0. The second kappa shape index (κ2) is 8.04. The molecule has 1 heterocycles. The molecule has 0 aliphatic carbocycles. The smallest absolute Gasteiger partial charge is 0.344 e. The highest BCUT2D eigenvalue weighted by molar-refractivity contribution is 5.71. The first kappa shape index (κ1) is 18.0. The number of nitrogens with zero attached hydrogens (tertiary/aromatic N) is 3. The second-order valence-corrected chi connectivity index (χ2v) is 5.19. The maximum Gasteiger partial charge on any atom is 0.344 e. The third-order valence-corrected chi connectivity index (χ3v) is 3.33. The first-order chi connectivity index (χ1) is 13.0. The Hall–Kier alpha value is -3.82. The third kappa shape index (κ3) is 4.63. The van der Waals surface area contributed by atoms with Gasteiger partial charge < -0.3 is 14.0 Å². The Kier molecular flexibility index (Phi) is 5.36. The van der Waals surface area contributed by atoms with Crippen LogP contribution in [0.1, 0.15) is 5.89 Å². The van der Waals surface area contributed by atoms with Gasteiger partial charge in [-0.15, -0.1) is 0 Å². The topological polar surface area (TPSA) is 118 Å². The number of para-hydroxylation sites is 2. The number of hydrogen-bond acceptors (Lipinski definition) is 8. The molecule has 27 heavy (non-hydrogen) atoms. The maximum atomic E-state index is 12.9. The van der Waals surface area contributed by atoms with E-state index in [0.29, 0.717) is 5.56 Å². The molecule has 1 aromatic heterocycles. The molecule has 0 atom stereocenters. The van der Waals surface area contributed by atoms with Gasteiger partial charge in [0.25, 0.3) is 5.89 Å². The van der Waals surface area contributed by atoms with Crippen molar-refractivity contribution >= 4 is 11.7 Å². The van der Waals surface area contributed by atoms with Crippen molar-refractivity contribution in [2.75, 3.05) is 6.61 Å². The van der Waals surface area contributed by atoms with Crippen molar-refractivity contribution in [3.8, 4) is 17.1 Å². The highest BCUT2D eigenvalue weighted by Crippen LogP contribution is 2.25. The van der Waals surface area contributed by atoms with Gasteiger partial charge in [-0.05, 0) is 30.3 Å². The molecule has 0 radical (unpaired) electrons. The number of ether oxygens (including phenoxy) is 2. The highest BCUT2D eigenvalue weighted by atomic mass is 19.1. The fourth-order valence-corrected chi connectivity index (χ4v) is 2.08. The van der Waals surface area contributed by atoms with Gasteiger partial charge in [0.05, 0.1) is 4.92 Å². The Morgan fingerprint density at radius 1 is 1.19 bits per heavy atom. The molecule has 0 saturated heterocycles. The van der Waals surface area contributed by atoms with E-state index in [0.717, 1.165) is 0 Å². The summed E-state index contributed by atoms with van der Waals surface area (Å²) < 4.78 is 27.9. The first-order valence-corrected chi connectivity index (χ1v) is 7.63. The number of benzene rings is 2. The number of carbonyl (C=O) groups is 1. The molecule has 10 heteroatoms. The van der Waals surface area contributed by atoms with E-state index in [-0.39, 0.29) is 29.8 Å². The molecule has 0 fully saturated rings. The Morgan fingerprint density at radius 2 is 1.93 bits per heavy atom. The number of carbonyl (C=O) groups excluding carboxylic acids is 1. The summed E-state index contributed by atoms with van der Waals surface area (Å²) in [7, 11) is 0. The number of nitro groups is 1. The van der Waals surface area contributed by atoms with Crippen LogP contribution in [0.4, 0.5) is 10.1 Å². The number of rotatable bonds is 7. The molecule has 2 aromatic carbocycles. The van der Waals surface area contributed by atoms with Crippen molar-refractivity contribution in [3.63, 3.8) is 0 Å². The minimum absolute atomic E-state index is 0.0355. The average molecular weight is 373 g/mol. The van der Waals surface area contributed by atoms with Crippen molar-refractivity contribution in [1.82, 2.24) is 10.1 Å². The first-order valence-electron chi connectivity index (χ1n) is 7.63. The molecule has 0 saturated carbocycles. The van der Waals surface area contributed by atoms with Gasteiger partial charge in [0, 0.05) is 11.6 Å². The van der Waals surface area contributed by atoms with Crippen LogP contribution in [0.2, 0.25) is 0 Å². The van der Waals surface area contributed by atoms with Crippen LogP contribution in [0.3, 0.4) is 0 Å². The van der Waals surface area contributed by atoms with Gasteiger partial charge in [0.2, 0.25) is 5.82 Å². The summed E-state index contributed by atoms with van der Waals surface area (Å²) in [6.07, 6.45) is 0. The van der Waals surface area contributed by atoms with Gasteiger partial charge >= 0.3 is 11.7 Å². The zero-order valence-electron chi connectivity index (χ0n) is 13.7. The van der Waals surface area contributed by atoms with E-state index in [4.69, 9.17) is 14.0 Å². The number of aromatic nitrogens is 2. The lowest BCUT2D eigenvalue weighted by molar-refractivity contribution is -0.385. The molecule has 9 nitrogen and oxygen atoms in total. The Morgan fingerprint density at radius 3 is 2.67 bits per heavy atom. The number of hydrogen-bond donors (Lipinski definition) is 0. The molecule has 3 rings (SSSR count). The van der Waals surface area contributed by atoms with Crippen LogP contribution < -0.4 is 4.74 Å². The van der Waals surface area contributed by atoms with Crippen molar-refractivity contribution in [2.24, 2.45) is 0 Å². The molecule has 0 N–H and O–H groups in total. The summed E-state index contributed by atoms with van der Waals surface area (Å²) in [5, 5.41) is 14.6. The molecule has 0 aliphatic heterocycles. The monoisotopic (exact) mass is 373 g/mol. The normalized spacial score (nSPS) is 10.4. The lowest BCUT2D eigenvalue weighted by Crippen LogP contribution is -2.15. The molecule has 3 aromatic rings. The molecule has 138 valence electrons. The van der Waals surface area contributed by atoms with Gasteiger partial charge in [-0.2, -0.15) is 4.98 Å². The summed E-state index contributed by atoms with van der Waals surface area (Å²) in [6, 6.07) is 11.1. The van der Waals surface area contributed by atoms with Crippen molar-refractivity contribution < 1.29 is 28.1 Å². The van der Waals surface area contributed by atoms with E-state index < -0.39 is 23.3 Å². The number of esters is 1. The van der Waals surface area contributed by atoms with Crippen LogP contribution in [0, 0.1) is 15.9 Å². The van der Waals surface area contributed by atoms with Crippen LogP contribution in [0.25, 0.3) is 11.4 Å². The summed E-state index contributed by atoms with van der Waals surface area (Å²) in [5.74, 6) is -0.953. The van der Waals surface area contributed by atoms with E-state index >= 15 is 0 Å². The largest absolute Gasteiger partial charge is 0.475 e. The number of nitro benzene ring substituents is 1. The molecule has 0 aliphatic rings. The predicted octanol–water partition coefficient (Wildman–Crippen LogP) is 2.91. The predicted molar refractivity (Wildman–Crippen MR) is 88.1 cm³/mol. The zero-order valence-corrected chi connectivity index (χ0v) is 13.7. The maximum absolute atomic E-state index is 12.9. The third-order valence-electron chi connectivity index (χ3n) is 3.33. The lowest BCUT2D eigenvalue weighted by Gasteiger charge is -2.05. The van der Waals surface area contributed by atoms with Crippen LogP contribution >= 0.6 is 0 Å². The average Bonchev–Trinajstić information content (AvgIpc) is 3.14. The molecule has 0 bridgehead atoms. The number of halogens is 1. The quantitative estimate of drug-likeness (QED) is 0.352. The Bertz CT molecular complexity index is 957. The Balaban J connectivity index is 1.53. The molecule has 0 spiro atoms. The van der Waals surface area contributed by atoms with E-state index in [9.17, 15) is 19.3 Å². The zero-order chi connectivity index (χ0) is 19.2. The van der Waals surface area contributed by atoms with Crippen molar-refractivity contribution in [3.05, 3.63) is 70.4 Å². The van der Waals surface area contributed by atoms with Crippen LogP contribution in [0.15, 0.2) is 53.1 Å². The van der Waals surface area contributed by atoms with Gasteiger partial charge in [0.15, 0.2) is 19.0 Å². The highest BCUT2D eigenvalue weighted by Gasteiger charge is 2.16. The van der Waals surface area contributed by atoms with E-state index in [2.05, 4.69) is 10.1 Å². The van der Waals surface area contributed by atoms with Crippen molar-refractivity contribution in [2.45, 2.75) is 6.61 Å². The SMILES string of the molecule is O=C(COc1ccccc1[N+](=O)[O-])OCc1nc(-c2ccc(F)cc2)no1. The van der Waals surface area contributed by atoms with Gasteiger partial charge in [-0.1, -0.05) is 17.3 Å². The summed E-state index contributed by atoms with van der Waals surface area (Å²) >= 11 is 0. The lowest BCUT2D eigenvalue weighted by atomic mass is 10.2. The fourth-order valence-electron chi connectivity index (χ4n) is 2.08. The minimum atomic E-state index is -0.769. The van der Waals surface area contributed by atoms with Gasteiger partial charge in [-0.25, -0.2) is 9.18 Å². The van der Waals surface area contributed by atoms with Crippen molar-refractivity contribution in [1.29, 1.82) is 0 Å². The second-order valence-electron chi connectivity index (χ2n) is 5.19. The van der Waals surface area contributed by atoms with Crippen LogP contribution in [-0.2, 0) is 16.1 Å². The molecule has 0 amide bonds. The standard InChI is InChI=1S/C17H12FN3O6/c18-12-7-5-11(6-8-12)17-19-15(27-20-17)9-26-16(22)10-25-14-4-2-1-3-13(14)21(23)24/h1-8H,9-10H2. The van der Waals surface area contributed by atoms with Gasteiger partial charge in [0.1, 0.15) is 5.82 Å². The van der Waals surface area contributed by atoms with Gasteiger partial charge in [-0.3, -0.25) is 10.1 Å². The Labute approximate surface area is 151 Å². The minimum Gasteiger partial charge on any atom is -0.475 e. The molecule has 0 unspecified atom stereocenters. The molecular formula is C17H12FN3O6. The summed E-state index contributed by atoms with van der Waals surface area (Å²) in [6.45, 7) is -0.822. The van der Waals surface area contributed by atoms with Crippen LogP contribution in [0.5, 0.6) is 5.75 Å². The fraction of sp³-hybridized carbons (Fsp3) is 0.118. The van der Waals surface area contributed by atoms with Crippen LogP contribution in [-0.4, -0.2) is 27.6 Å². The van der Waals surface area contributed by atoms with E-state index in [1.807, 2.05) is 0 Å². The summed E-state index contributed by atoms with van der Waals surface area (Å²) in [5.41, 5.74) is 0.281. The van der Waals surface area contributed by atoms with E-state index in [1.165, 1.54) is 42.5 Å². The molecular weight excluding hydrogens is 361 g/mol. The van der Waals surface area contributed by atoms with E-state index in [1.54, 1.807) is 6.07 Å².